The summed E-state index contributed by atoms with van der Waals surface area (Å²) in [6.07, 6.45) is 3.95. The van der Waals surface area contributed by atoms with Crippen molar-refractivity contribution < 1.29 is 0 Å². The molecule has 2 fully saturated rings. The van der Waals surface area contributed by atoms with Gasteiger partial charge in [-0.3, -0.25) is 0 Å². The SMILES string of the molecule is c1nc(N2CCNCC2)ncc1N1CCSCC1. The third kappa shape index (κ3) is 2.70. The predicted molar refractivity (Wildman–Crippen MR) is 76.7 cm³/mol. The molecule has 2 aliphatic rings. The van der Waals surface area contributed by atoms with Crippen LogP contribution in [0.3, 0.4) is 0 Å². The van der Waals surface area contributed by atoms with Gasteiger partial charge in [0.1, 0.15) is 0 Å². The molecule has 0 saturated carbocycles. The van der Waals surface area contributed by atoms with Crippen LogP contribution in [-0.4, -0.2) is 60.7 Å². The summed E-state index contributed by atoms with van der Waals surface area (Å²) < 4.78 is 0. The van der Waals surface area contributed by atoms with Gasteiger partial charge in [-0.05, 0) is 0 Å². The molecule has 1 aromatic rings. The summed E-state index contributed by atoms with van der Waals surface area (Å²) in [7, 11) is 0. The van der Waals surface area contributed by atoms with Gasteiger partial charge in [-0.15, -0.1) is 0 Å². The van der Waals surface area contributed by atoms with Gasteiger partial charge in [-0.25, -0.2) is 9.97 Å². The fraction of sp³-hybridized carbons (Fsp3) is 0.667. The summed E-state index contributed by atoms with van der Waals surface area (Å²) in [6, 6.07) is 0. The van der Waals surface area contributed by atoms with Crippen LogP contribution in [0.25, 0.3) is 0 Å². The average molecular weight is 265 g/mol. The lowest BCUT2D eigenvalue weighted by Crippen LogP contribution is -2.44. The molecule has 0 atom stereocenters. The zero-order valence-electron chi connectivity index (χ0n) is 10.5. The molecule has 0 aromatic carbocycles. The van der Waals surface area contributed by atoms with Crippen molar-refractivity contribution in [3.8, 4) is 0 Å². The van der Waals surface area contributed by atoms with Crippen molar-refractivity contribution >= 4 is 23.4 Å². The number of anilines is 2. The van der Waals surface area contributed by atoms with E-state index in [1.807, 2.05) is 24.2 Å². The van der Waals surface area contributed by atoms with Gasteiger partial charge in [0.25, 0.3) is 0 Å². The van der Waals surface area contributed by atoms with E-state index in [1.165, 1.54) is 11.5 Å². The average Bonchev–Trinajstić information content (AvgIpc) is 2.49. The standard InChI is InChI=1S/C12H19N5S/c1-3-17(4-2-13-1)12-14-9-11(10-15-12)16-5-7-18-8-6-16/h9-10,13H,1-8H2. The number of nitrogens with one attached hydrogen (secondary N) is 1. The molecule has 5 nitrogen and oxygen atoms in total. The van der Waals surface area contributed by atoms with E-state index in [2.05, 4.69) is 25.1 Å². The molecule has 3 rings (SSSR count). The van der Waals surface area contributed by atoms with Gasteiger partial charge in [-0.2, -0.15) is 11.8 Å². The largest absolute Gasteiger partial charge is 0.367 e. The molecule has 0 aliphatic carbocycles. The molecule has 2 aliphatic heterocycles. The van der Waals surface area contributed by atoms with Crippen molar-refractivity contribution in [3.05, 3.63) is 12.4 Å². The van der Waals surface area contributed by atoms with Gasteiger partial charge in [0.2, 0.25) is 5.95 Å². The fourth-order valence-corrected chi connectivity index (χ4v) is 3.23. The van der Waals surface area contributed by atoms with Crippen LogP contribution in [0.1, 0.15) is 0 Å². The van der Waals surface area contributed by atoms with Crippen LogP contribution in [0.4, 0.5) is 11.6 Å². The minimum atomic E-state index is 0.867. The predicted octanol–water partition coefficient (Wildman–Crippen LogP) is 0.439. The van der Waals surface area contributed by atoms with Gasteiger partial charge in [0, 0.05) is 50.8 Å². The van der Waals surface area contributed by atoms with Crippen LogP contribution in [-0.2, 0) is 0 Å². The molecule has 2 saturated heterocycles. The van der Waals surface area contributed by atoms with E-state index in [4.69, 9.17) is 0 Å². The maximum atomic E-state index is 4.52. The summed E-state index contributed by atoms with van der Waals surface area (Å²) in [4.78, 5) is 13.6. The normalized spacial score (nSPS) is 21.1. The molecule has 0 bridgehead atoms. The second-order valence-electron chi connectivity index (χ2n) is 4.58. The Balaban J connectivity index is 1.67. The summed E-state index contributed by atoms with van der Waals surface area (Å²) in [5.74, 6) is 3.28. The number of rotatable bonds is 2. The maximum absolute atomic E-state index is 4.52. The third-order valence-corrected chi connectivity index (χ3v) is 4.34. The zero-order chi connectivity index (χ0) is 12.2. The Kier molecular flexibility index (Phi) is 3.85. The van der Waals surface area contributed by atoms with E-state index in [9.17, 15) is 0 Å². The van der Waals surface area contributed by atoms with Crippen LogP contribution in [0.5, 0.6) is 0 Å². The number of hydrogen-bond acceptors (Lipinski definition) is 6. The van der Waals surface area contributed by atoms with Gasteiger partial charge in [-0.1, -0.05) is 0 Å². The first-order valence-electron chi connectivity index (χ1n) is 6.54. The summed E-state index contributed by atoms with van der Waals surface area (Å²) in [6.45, 7) is 6.27. The van der Waals surface area contributed by atoms with E-state index >= 15 is 0 Å². The van der Waals surface area contributed by atoms with E-state index in [-0.39, 0.29) is 0 Å². The first kappa shape index (κ1) is 12.0. The second kappa shape index (κ2) is 5.75. The number of piperazine rings is 1. The van der Waals surface area contributed by atoms with Gasteiger partial charge >= 0.3 is 0 Å². The number of thioether (sulfide) groups is 1. The van der Waals surface area contributed by atoms with Crippen molar-refractivity contribution in [2.24, 2.45) is 0 Å². The van der Waals surface area contributed by atoms with Crippen molar-refractivity contribution in [2.75, 3.05) is 60.6 Å². The highest BCUT2D eigenvalue weighted by Gasteiger charge is 2.15. The zero-order valence-corrected chi connectivity index (χ0v) is 11.3. The van der Waals surface area contributed by atoms with Gasteiger partial charge < -0.3 is 15.1 Å². The van der Waals surface area contributed by atoms with Crippen LogP contribution in [0, 0.1) is 0 Å². The molecule has 1 N–H and O–H groups in total. The highest BCUT2D eigenvalue weighted by Crippen LogP contribution is 2.19. The number of nitrogens with zero attached hydrogens (tertiary/aromatic N) is 4. The van der Waals surface area contributed by atoms with E-state index < -0.39 is 0 Å². The fourth-order valence-electron chi connectivity index (χ4n) is 2.33. The van der Waals surface area contributed by atoms with Crippen LogP contribution < -0.4 is 15.1 Å². The minimum absolute atomic E-state index is 0.867. The third-order valence-electron chi connectivity index (χ3n) is 3.40. The minimum Gasteiger partial charge on any atom is -0.367 e. The molecule has 0 radical (unpaired) electrons. The summed E-state index contributed by atoms with van der Waals surface area (Å²) >= 11 is 2.02. The Hall–Kier alpha value is -1.01. The molecule has 6 heteroatoms. The van der Waals surface area contributed by atoms with E-state index in [0.29, 0.717) is 0 Å². The Morgan fingerprint density at radius 2 is 1.61 bits per heavy atom. The molecule has 1 aromatic heterocycles. The van der Waals surface area contributed by atoms with Crippen molar-refractivity contribution in [1.29, 1.82) is 0 Å². The lowest BCUT2D eigenvalue weighted by molar-refractivity contribution is 0.579. The van der Waals surface area contributed by atoms with Crippen LogP contribution >= 0.6 is 11.8 Å². The highest BCUT2D eigenvalue weighted by atomic mass is 32.2. The van der Waals surface area contributed by atoms with Gasteiger partial charge in [0.05, 0.1) is 18.1 Å². The first-order valence-corrected chi connectivity index (χ1v) is 7.69. The monoisotopic (exact) mass is 265 g/mol. The molecular weight excluding hydrogens is 246 g/mol. The van der Waals surface area contributed by atoms with E-state index in [0.717, 1.165) is 50.9 Å². The summed E-state index contributed by atoms with van der Waals surface area (Å²) in [5, 5.41) is 3.34. The maximum Gasteiger partial charge on any atom is 0.225 e. The van der Waals surface area contributed by atoms with Crippen LogP contribution in [0.15, 0.2) is 12.4 Å². The Morgan fingerprint density at radius 1 is 0.944 bits per heavy atom. The molecule has 0 spiro atoms. The lowest BCUT2D eigenvalue weighted by atomic mass is 10.4. The number of aromatic nitrogens is 2. The van der Waals surface area contributed by atoms with Crippen molar-refractivity contribution in [1.82, 2.24) is 15.3 Å². The summed E-state index contributed by atoms with van der Waals surface area (Å²) in [5.41, 5.74) is 1.16. The van der Waals surface area contributed by atoms with Crippen molar-refractivity contribution in [2.45, 2.75) is 0 Å². The molecule has 18 heavy (non-hydrogen) atoms. The molecular formula is C12H19N5S. The number of hydrogen-bond donors (Lipinski definition) is 1. The topological polar surface area (TPSA) is 44.3 Å². The quantitative estimate of drug-likeness (QED) is 0.837. The Labute approximate surface area is 112 Å². The van der Waals surface area contributed by atoms with Crippen LogP contribution in [0.2, 0.25) is 0 Å². The van der Waals surface area contributed by atoms with Gasteiger partial charge in [0.15, 0.2) is 0 Å². The highest BCUT2D eigenvalue weighted by molar-refractivity contribution is 7.99. The molecule has 3 heterocycles. The molecule has 0 unspecified atom stereocenters. The lowest BCUT2D eigenvalue weighted by Gasteiger charge is -2.29. The first-order chi connectivity index (χ1) is 8.93. The smallest absolute Gasteiger partial charge is 0.225 e. The Bertz CT molecular complexity index is 334. The second-order valence-corrected chi connectivity index (χ2v) is 5.80. The molecule has 98 valence electrons. The molecule has 0 amide bonds. The Morgan fingerprint density at radius 3 is 2.28 bits per heavy atom. The van der Waals surface area contributed by atoms with Crippen molar-refractivity contribution in [3.63, 3.8) is 0 Å². The van der Waals surface area contributed by atoms with E-state index in [1.54, 1.807) is 0 Å².